The third kappa shape index (κ3) is 7.03. The van der Waals surface area contributed by atoms with Gasteiger partial charge in [0.25, 0.3) is 0 Å². The molecule has 1 aliphatic heterocycles. The largest absolute Gasteiger partial charge is 0.361 e. The molecule has 1 aliphatic rings. The van der Waals surface area contributed by atoms with Gasteiger partial charge in [-0.3, -0.25) is 0 Å². The number of hydrogen-bond acceptors (Lipinski definition) is 4. The van der Waals surface area contributed by atoms with Crippen molar-refractivity contribution in [2.45, 2.75) is 49.9 Å². The number of rotatable bonds is 8. The molecule has 8 N–H and O–H groups in total. The second kappa shape index (κ2) is 14.9. The smallest absolute Gasteiger partial charge is 0.0456 e. The molecule has 5 heterocycles. The number of hydrogen-bond donors (Lipinski definition) is 8. The lowest BCUT2D eigenvalue weighted by molar-refractivity contribution is 0.343. The SMILES string of the molecule is c1ccc2c(C[C@@H]3CN[C@H](Cc4c[nH]c5ccccc45)CN[C@H](Cc4c[nH]c5ccccc45)CN[C@H](Cc4c[nH]c5ccccc45)CN3)c[nH]c2c1. The molecule has 0 unspecified atom stereocenters. The van der Waals surface area contributed by atoms with Crippen LogP contribution in [0.15, 0.2) is 122 Å². The first kappa shape index (κ1) is 32.8. The maximum Gasteiger partial charge on any atom is 0.0456 e. The number of H-pyrrole nitrogens is 4. The van der Waals surface area contributed by atoms with Crippen LogP contribution in [0, 0.1) is 0 Å². The zero-order chi connectivity index (χ0) is 34.7. The number of para-hydroxylation sites is 4. The zero-order valence-electron chi connectivity index (χ0n) is 29.5. The quantitative estimate of drug-likeness (QED) is 0.0906. The second-order valence-corrected chi connectivity index (χ2v) is 14.7. The highest BCUT2D eigenvalue weighted by Crippen LogP contribution is 2.23. The number of nitrogens with one attached hydrogen (secondary N) is 8. The predicted molar refractivity (Wildman–Crippen MR) is 215 cm³/mol. The Balaban J connectivity index is 1.01. The van der Waals surface area contributed by atoms with Crippen molar-refractivity contribution in [3.63, 3.8) is 0 Å². The molecule has 0 saturated carbocycles. The van der Waals surface area contributed by atoms with E-state index in [9.17, 15) is 0 Å². The minimum Gasteiger partial charge on any atom is -0.361 e. The van der Waals surface area contributed by atoms with Gasteiger partial charge < -0.3 is 41.2 Å². The van der Waals surface area contributed by atoms with Gasteiger partial charge in [0.2, 0.25) is 0 Å². The Morgan fingerprint density at radius 3 is 0.808 bits per heavy atom. The average molecular weight is 689 g/mol. The molecule has 0 spiro atoms. The van der Waals surface area contributed by atoms with Gasteiger partial charge in [0, 0.05) is 119 Å². The molecule has 8 aromatic rings. The molecule has 4 aromatic carbocycles. The van der Waals surface area contributed by atoms with E-state index in [1.54, 1.807) is 0 Å². The van der Waals surface area contributed by atoms with Gasteiger partial charge in [-0.05, 0) is 72.2 Å². The standard InChI is InChI=1S/C44H48N8/c1-5-13-41-37(9-1)29(21-49-41)17-33-25-46-35(19-31-23-51-43-15-7-3-11-39(31)43)27-48-36(20-32-24-52-44-16-8-4-12-40(32)44)28-47-34(26-45-33)18-30-22-50-42-14-6-2-10-38(30)42/h1-16,21-24,33-36,45-52H,17-20,25-28H2/t33-,34-,35-,36-/m1/s1. The van der Waals surface area contributed by atoms with Gasteiger partial charge in [0.05, 0.1) is 0 Å². The van der Waals surface area contributed by atoms with Crippen molar-refractivity contribution in [2.75, 3.05) is 26.2 Å². The highest BCUT2D eigenvalue weighted by atomic mass is 15.1. The lowest BCUT2D eigenvalue weighted by Crippen LogP contribution is -2.55. The molecule has 1 fully saturated rings. The van der Waals surface area contributed by atoms with Crippen molar-refractivity contribution in [2.24, 2.45) is 0 Å². The number of benzene rings is 4. The molecule has 0 radical (unpaired) electrons. The van der Waals surface area contributed by atoms with Crippen molar-refractivity contribution in [1.82, 2.24) is 41.2 Å². The van der Waals surface area contributed by atoms with Crippen LogP contribution in [0.3, 0.4) is 0 Å². The Labute approximate surface area is 304 Å². The fourth-order valence-corrected chi connectivity index (χ4v) is 8.37. The normalized spacial score (nSPS) is 20.8. The van der Waals surface area contributed by atoms with Crippen molar-refractivity contribution < 1.29 is 0 Å². The van der Waals surface area contributed by atoms with E-state index in [1.807, 2.05) is 0 Å². The topological polar surface area (TPSA) is 111 Å². The number of aromatic amines is 4. The molecule has 52 heavy (non-hydrogen) atoms. The van der Waals surface area contributed by atoms with E-state index in [2.05, 4.69) is 163 Å². The van der Waals surface area contributed by atoms with Crippen LogP contribution in [0.4, 0.5) is 0 Å². The Morgan fingerprint density at radius 1 is 0.327 bits per heavy atom. The van der Waals surface area contributed by atoms with Gasteiger partial charge in [-0.1, -0.05) is 72.8 Å². The summed E-state index contributed by atoms with van der Waals surface area (Å²) in [6.07, 6.45) is 12.5. The molecule has 0 amide bonds. The van der Waals surface area contributed by atoms with Crippen LogP contribution >= 0.6 is 0 Å². The Kier molecular flexibility index (Phi) is 9.36. The van der Waals surface area contributed by atoms with E-state index in [0.717, 1.165) is 51.9 Å². The summed E-state index contributed by atoms with van der Waals surface area (Å²) in [4.78, 5) is 14.0. The van der Waals surface area contributed by atoms with Gasteiger partial charge in [0.15, 0.2) is 0 Å². The summed E-state index contributed by atoms with van der Waals surface area (Å²) in [6, 6.07) is 35.6. The van der Waals surface area contributed by atoms with Gasteiger partial charge in [-0.15, -0.1) is 0 Å². The van der Waals surface area contributed by atoms with Crippen LogP contribution in [0.5, 0.6) is 0 Å². The molecule has 1 saturated heterocycles. The second-order valence-electron chi connectivity index (χ2n) is 14.7. The molecule has 8 nitrogen and oxygen atoms in total. The maximum absolute atomic E-state index is 4.06. The zero-order valence-corrected chi connectivity index (χ0v) is 29.5. The predicted octanol–water partition coefficient (Wildman–Crippen LogP) is 6.73. The molecule has 264 valence electrons. The average Bonchev–Trinajstić information content (AvgIpc) is 3.99. The van der Waals surface area contributed by atoms with E-state index in [-0.39, 0.29) is 24.2 Å². The fourth-order valence-electron chi connectivity index (χ4n) is 8.37. The Hall–Kier alpha value is -5.12. The molecular weight excluding hydrogens is 641 g/mol. The summed E-state index contributed by atoms with van der Waals surface area (Å²) < 4.78 is 0. The lowest BCUT2D eigenvalue weighted by Gasteiger charge is -2.31. The molecule has 4 aromatic heterocycles. The molecule has 4 atom stereocenters. The minimum absolute atomic E-state index is 0.249. The lowest BCUT2D eigenvalue weighted by atomic mass is 9.99. The fraction of sp³-hybridized carbons (Fsp3) is 0.273. The van der Waals surface area contributed by atoms with Gasteiger partial charge in [-0.2, -0.15) is 0 Å². The highest BCUT2D eigenvalue weighted by molar-refractivity contribution is 5.85. The monoisotopic (exact) mass is 688 g/mol. The first-order chi connectivity index (χ1) is 25.7. The summed E-state index contributed by atoms with van der Waals surface area (Å²) in [7, 11) is 0. The molecule has 0 aliphatic carbocycles. The van der Waals surface area contributed by atoms with Crippen molar-refractivity contribution in [1.29, 1.82) is 0 Å². The van der Waals surface area contributed by atoms with Crippen LogP contribution in [0.25, 0.3) is 43.6 Å². The summed E-state index contributed by atoms with van der Waals surface area (Å²) in [5.74, 6) is 0. The van der Waals surface area contributed by atoms with E-state index < -0.39 is 0 Å². The van der Waals surface area contributed by atoms with E-state index in [0.29, 0.717) is 0 Å². The van der Waals surface area contributed by atoms with E-state index >= 15 is 0 Å². The van der Waals surface area contributed by atoms with Crippen LogP contribution < -0.4 is 21.3 Å². The Bertz CT molecular complexity index is 2040. The first-order valence-corrected chi connectivity index (χ1v) is 18.9. The Morgan fingerprint density at radius 2 is 0.558 bits per heavy atom. The molecule has 8 heteroatoms. The van der Waals surface area contributed by atoms with Crippen LogP contribution in [0.2, 0.25) is 0 Å². The van der Waals surface area contributed by atoms with Crippen molar-refractivity contribution in [3.8, 4) is 0 Å². The summed E-state index contributed by atoms with van der Waals surface area (Å²) in [6.45, 7) is 3.45. The molecular formula is C44H48N8. The summed E-state index contributed by atoms with van der Waals surface area (Å²) in [5, 5.41) is 21.5. The number of fused-ring (bicyclic) bond motifs is 4. The first-order valence-electron chi connectivity index (χ1n) is 18.9. The van der Waals surface area contributed by atoms with E-state index in [4.69, 9.17) is 0 Å². The highest BCUT2D eigenvalue weighted by Gasteiger charge is 2.23. The van der Waals surface area contributed by atoms with E-state index in [1.165, 1.54) is 65.9 Å². The summed E-state index contributed by atoms with van der Waals surface area (Å²) >= 11 is 0. The summed E-state index contributed by atoms with van der Waals surface area (Å²) in [5.41, 5.74) is 10.2. The van der Waals surface area contributed by atoms with Crippen molar-refractivity contribution >= 4 is 43.6 Å². The molecule has 9 rings (SSSR count). The van der Waals surface area contributed by atoms with Gasteiger partial charge in [0.1, 0.15) is 0 Å². The number of aromatic nitrogens is 4. The van der Waals surface area contributed by atoms with Crippen molar-refractivity contribution in [3.05, 3.63) is 144 Å². The minimum atomic E-state index is 0.249. The van der Waals surface area contributed by atoms with Gasteiger partial charge in [-0.25, -0.2) is 0 Å². The molecule has 0 bridgehead atoms. The van der Waals surface area contributed by atoms with Gasteiger partial charge >= 0.3 is 0 Å². The maximum atomic E-state index is 4.06. The van der Waals surface area contributed by atoms with Crippen LogP contribution in [-0.2, 0) is 25.7 Å². The van der Waals surface area contributed by atoms with Crippen LogP contribution in [-0.4, -0.2) is 70.3 Å². The third-order valence-corrected chi connectivity index (χ3v) is 11.2. The van der Waals surface area contributed by atoms with Crippen LogP contribution in [0.1, 0.15) is 22.3 Å². The third-order valence-electron chi connectivity index (χ3n) is 11.2.